The van der Waals surface area contributed by atoms with Gasteiger partial charge in [0.2, 0.25) is 11.8 Å². The number of carboxylic acid groups (broad SMARTS) is 1. The van der Waals surface area contributed by atoms with Crippen LogP contribution in [0, 0.1) is 6.92 Å². The minimum absolute atomic E-state index is 0.0368. The van der Waals surface area contributed by atoms with Gasteiger partial charge in [0.1, 0.15) is 6.54 Å². The minimum Gasteiger partial charge on any atom is -0.480 e. The first-order valence-corrected chi connectivity index (χ1v) is 9.16. The van der Waals surface area contributed by atoms with E-state index >= 15 is 0 Å². The van der Waals surface area contributed by atoms with Gasteiger partial charge in [-0.05, 0) is 49.6 Å². The number of aryl methyl sites for hydroxylation is 2. The lowest BCUT2D eigenvalue weighted by Gasteiger charge is -2.07. The molecule has 0 spiro atoms. The molecule has 7 heteroatoms. The highest BCUT2D eigenvalue weighted by Crippen LogP contribution is 2.17. The Morgan fingerprint density at radius 3 is 2.38 bits per heavy atom. The van der Waals surface area contributed by atoms with Crippen molar-refractivity contribution in [3.8, 4) is 0 Å². The van der Waals surface area contributed by atoms with Crippen LogP contribution in [-0.4, -0.2) is 29.4 Å². The van der Waals surface area contributed by atoms with Gasteiger partial charge in [0, 0.05) is 21.9 Å². The second kappa shape index (κ2) is 9.72. The molecule has 0 bridgehead atoms. The Hall–Kier alpha value is -2.67. The number of nitrogens with one attached hydrogen (secondary N) is 2. The third kappa shape index (κ3) is 7.06. The number of carbonyl (C=O) groups is 3. The van der Waals surface area contributed by atoms with Crippen LogP contribution >= 0.6 is 11.3 Å². The molecule has 1 heterocycles. The van der Waals surface area contributed by atoms with Gasteiger partial charge in [-0.15, -0.1) is 11.3 Å². The van der Waals surface area contributed by atoms with Crippen LogP contribution in [-0.2, 0) is 27.2 Å². The summed E-state index contributed by atoms with van der Waals surface area (Å²) < 4.78 is 0. The van der Waals surface area contributed by atoms with E-state index in [1.54, 1.807) is 35.6 Å². The first kappa shape index (κ1) is 19.7. The fourth-order valence-electron chi connectivity index (χ4n) is 2.39. The third-order valence-electron chi connectivity index (χ3n) is 3.66. The molecule has 0 fully saturated rings. The van der Waals surface area contributed by atoms with Crippen molar-refractivity contribution < 1.29 is 19.5 Å². The van der Waals surface area contributed by atoms with Crippen LogP contribution in [0.25, 0.3) is 0 Å². The fraction of sp³-hybridized carbons (Fsp3) is 0.316. The number of anilines is 1. The van der Waals surface area contributed by atoms with Crippen LogP contribution in [0.5, 0.6) is 0 Å². The van der Waals surface area contributed by atoms with E-state index in [1.165, 1.54) is 9.75 Å². The summed E-state index contributed by atoms with van der Waals surface area (Å²) in [4.78, 5) is 36.5. The lowest BCUT2D eigenvalue weighted by molar-refractivity contribution is -0.137. The van der Waals surface area contributed by atoms with Crippen molar-refractivity contribution in [2.24, 2.45) is 0 Å². The molecule has 0 saturated carbocycles. The van der Waals surface area contributed by atoms with Crippen molar-refractivity contribution in [1.29, 1.82) is 0 Å². The summed E-state index contributed by atoms with van der Waals surface area (Å²) >= 11 is 1.76. The molecule has 0 unspecified atom stereocenters. The first-order chi connectivity index (χ1) is 12.4. The molecule has 0 aliphatic carbocycles. The van der Waals surface area contributed by atoms with Gasteiger partial charge in [-0.2, -0.15) is 0 Å². The normalized spacial score (nSPS) is 10.3. The van der Waals surface area contributed by atoms with Gasteiger partial charge in [-0.25, -0.2) is 0 Å². The predicted octanol–water partition coefficient (Wildman–Crippen LogP) is 2.76. The number of benzene rings is 1. The summed E-state index contributed by atoms with van der Waals surface area (Å²) in [5, 5.41) is 13.7. The number of hydrogen-bond acceptors (Lipinski definition) is 4. The quantitative estimate of drug-likeness (QED) is 0.629. The van der Waals surface area contributed by atoms with Gasteiger partial charge in [-0.1, -0.05) is 12.1 Å². The lowest BCUT2D eigenvalue weighted by Crippen LogP contribution is -2.30. The van der Waals surface area contributed by atoms with Crippen LogP contribution in [0.15, 0.2) is 36.4 Å². The molecule has 1 aromatic heterocycles. The monoisotopic (exact) mass is 374 g/mol. The standard InChI is InChI=1S/C19H22N2O4S/c1-13-5-10-16(26-13)3-2-4-17(22)21-15-8-6-14(7-9-15)11-18(23)20-12-19(24)25/h5-10H,2-4,11-12H2,1H3,(H,20,23)(H,21,22)(H,24,25). The highest BCUT2D eigenvalue weighted by molar-refractivity contribution is 7.11. The van der Waals surface area contributed by atoms with Gasteiger partial charge in [0.25, 0.3) is 0 Å². The minimum atomic E-state index is -1.08. The van der Waals surface area contributed by atoms with Crippen LogP contribution in [0.2, 0.25) is 0 Å². The molecule has 0 radical (unpaired) electrons. The van der Waals surface area contributed by atoms with E-state index in [-0.39, 0.29) is 18.2 Å². The summed E-state index contributed by atoms with van der Waals surface area (Å²) in [6.45, 7) is 1.68. The van der Waals surface area contributed by atoms with E-state index in [0.717, 1.165) is 18.4 Å². The summed E-state index contributed by atoms with van der Waals surface area (Å²) in [5.41, 5.74) is 1.43. The van der Waals surface area contributed by atoms with Gasteiger partial charge in [0.05, 0.1) is 6.42 Å². The van der Waals surface area contributed by atoms with E-state index in [9.17, 15) is 14.4 Å². The highest BCUT2D eigenvalue weighted by atomic mass is 32.1. The number of rotatable bonds is 9. The zero-order valence-electron chi connectivity index (χ0n) is 14.6. The Morgan fingerprint density at radius 1 is 1.04 bits per heavy atom. The molecule has 2 aromatic rings. The zero-order chi connectivity index (χ0) is 18.9. The number of carbonyl (C=O) groups excluding carboxylic acids is 2. The Kier molecular flexibility index (Phi) is 7.35. The molecular weight excluding hydrogens is 352 g/mol. The summed E-state index contributed by atoms with van der Waals surface area (Å²) in [6, 6.07) is 11.1. The van der Waals surface area contributed by atoms with Crippen molar-refractivity contribution in [2.45, 2.75) is 32.6 Å². The molecule has 26 heavy (non-hydrogen) atoms. The molecule has 2 rings (SSSR count). The van der Waals surface area contributed by atoms with Gasteiger partial charge in [0.15, 0.2) is 0 Å². The third-order valence-corrected chi connectivity index (χ3v) is 4.72. The number of hydrogen-bond donors (Lipinski definition) is 3. The molecule has 3 N–H and O–H groups in total. The molecule has 6 nitrogen and oxygen atoms in total. The molecular formula is C19H22N2O4S. The Labute approximate surface area is 156 Å². The van der Waals surface area contributed by atoms with Crippen LogP contribution in [0.4, 0.5) is 5.69 Å². The second-order valence-electron chi connectivity index (χ2n) is 5.96. The van der Waals surface area contributed by atoms with Crippen molar-refractivity contribution >= 4 is 34.8 Å². The predicted molar refractivity (Wildman–Crippen MR) is 101 cm³/mol. The first-order valence-electron chi connectivity index (χ1n) is 8.35. The average molecular weight is 374 g/mol. The van der Waals surface area contributed by atoms with Gasteiger partial charge >= 0.3 is 5.97 Å². The number of aliphatic carboxylic acids is 1. The maximum atomic E-state index is 12.0. The molecule has 0 aliphatic rings. The molecule has 1 aromatic carbocycles. The molecule has 0 aliphatic heterocycles. The van der Waals surface area contributed by atoms with Crippen molar-refractivity contribution in [1.82, 2.24) is 5.32 Å². The van der Waals surface area contributed by atoms with E-state index in [1.807, 2.05) is 0 Å². The van der Waals surface area contributed by atoms with Crippen molar-refractivity contribution in [2.75, 3.05) is 11.9 Å². The number of carboxylic acids is 1. The summed E-state index contributed by atoms with van der Waals surface area (Å²) in [5.74, 6) is -1.47. The van der Waals surface area contributed by atoms with E-state index in [0.29, 0.717) is 12.1 Å². The van der Waals surface area contributed by atoms with Gasteiger partial charge in [-0.3, -0.25) is 14.4 Å². The van der Waals surface area contributed by atoms with E-state index in [2.05, 4.69) is 29.7 Å². The van der Waals surface area contributed by atoms with Crippen molar-refractivity contribution in [3.05, 3.63) is 51.7 Å². The largest absolute Gasteiger partial charge is 0.480 e. The number of thiophene rings is 1. The van der Waals surface area contributed by atoms with Crippen LogP contribution in [0.1, 0.15) is 28.2 Å². The molecule has 0 atom stereocenters. The number of amides is 2. The Bertz CT molecular complexity index is 768. The highest BCUT2D eigenvalue weighted by Gasteiger charge is 2.07. The molecule has 2 amide bonds. The maximum absolute atomic E-state index is 12.0. The van der Waals surface area contributed by atoms with Crippen molar-refractivity contribution in [3.63, 3.8) is 0 Å². The lowest BCUT2D eigenvalue weighted by atomic mass is 10.1. The topological polar surface area (TPSA) is 95.5 Å². The SMILES string of the molecule is Cc1ccc(CCCC(=O)Nc2ccc(CC(=O)NCC(=O)O)cc2)s1. The van der Waals surface area contributed by atoms with Gasteiger partial charge < -0.3 is 15.7 Å². The zero-order valence-corrected chi connectivity index (χ0v) is 15.4. The summed E-state index contributed by atoms with van der Waals surface area (Å²) in [7, 11) is 0. The molecule has 0 saturated heterocycles. The molecule has 138 valence electrons. The maximum Gasteiger partial charge on any atom is 0.322 e. The smallest absolute Gasteiger partial charge is 0.322 e. The average Bonchev–Trinajstić information content (AvgIpc) is 3.00. The van der Waals surface area contributed by atoms with E-state index in [4.69, 9.17) is 5.11 Å². The Balaban J connectivity index is 1.72. The fourth-order valence-corrected chi connectivity index (χ4v) is 3.33. The summed E-state index contributed by atoms with van der Waals surface area (Å²) in [6.07, 6.45) is 2.25. The second-order valence-corrected chi connectivity index (χ2v) is 7.33. The van der Waals surface area contributed by atoms with Crippen LogP contribution < -0.4 is 10.6 Å². The van der Waals surface area contributed by atoms with E-state index < -0.39 is 12.5 Å². The van der Waals surface area contributed by atoms with Crippen LogP contribution in [0.3, 0.4) is 0 Å². The Morgan fingerprint density at radius 2 is 1.77 bits per heavy atom.